The van der Waals surface area contributed by atoms with Gasteiger partial charge in [-0.25, -0.2) is 0 Å². The summed E-state index contributed by atoms with van der Waals surface area (Å²) in [7, 11) is 0. The van der Waals surface area contributed by atoms with Gasteiger partial charge in [-0.15, -0.1) is 0 Å². The van der Waals surface area contributed by atoms with Crippen molar-refractivity contribution in [2.45, 2.75) is 32.7 Å². The zero-order valence-electron chi connectivity index (χ0n) is 12.8. The minimum atomic E-state index is 0.405. The van der Waals surface area contributed by atoms with Gasteiger partial charge in [0, 0.05) is 44.5 Å². The van der Waals surface area contributed by atoms with Gasteiger partial charge in [0.05, 0.1) is 0 Å². The van der Waals surface area contributed by atoms with Gasteiger partial charge in [-0.1, -0.05) is 12.1 Å². The fraction of sp³-hybridized carbons (Fsp3) is 0.647. The first-order valence-corrected chi connectivity index (χ1v) is 7.94. The van der Waals surface area contributed by atoms with Gasteiger partial charge in [-0.3, -0.25) is 4.90 Å². The van der Waals surface area contributed by atoms with Crippen LogP contribution in [0.2, 0.25) is 0 Å². The molecule has 1 saturated heterocycles. The average Bonchev–Trinajstić information content (AvgIpc) is 3.27. The minimum Gasteiger partial charge on any atom is -0.369 e. The summed E-state index contributed by atoms with van der Waals surface area (Å²) in [6.45, 7) is 10.1. The predicted molar refractivity (Wildman–Crippen MR) is 85.3 cm³/mol. The highest BCUT2D eigenvalue weighted by molar-refractivity contribution is 5.56. The molecule has 2 aliphatic rings. The lowest BCUT2D eigenvalue weighted by Gasteiger charge is -2.38. The Kier molecular flexibility index (Phi) is 3.99. The van der Waals surface area contributed by atoms with E-state index in [9.17, 15) is 0 Å². The Bertz CT molecular complexity index is 459. The second-order valence-corrected chi connectivity index (χ2v) is 6.51. The van der Waals surface area contributed by atoms with Crippen molar-refractivity contribution in [3.05, 3.63) is 29.3 Å². The van der Waals surface area contributed by atoms with E-state index in [4.69, 9.17) is 5.73 Å². The summed E-state index contributed by atoms with van der Waals surface area (Å²) in [5.74, 6) is 0.812. The van der Waals surface area contributed by atoms with Crippen LogP contribution in [0.1, 0.15) is 24.0 Å². The van der Waals surface area contributed by atoms with Crippen LogP contribution in [0.3, 0.4) is 0 Å². The molecule has 1 atom stereocenters. The van der Waals surface area contributed by atoms with E-state index in [1.54, 1.807) is 0 Å². The van der Waals surface area contributed by atoms with Crippen LogP contribution in [0.4, 0.5) is 5.69 Å². The normalized spacial score (nSPS) is 22.1. The lowest BCUT2D eigenvalue weighted by molar-refractivity contribution is 0.235. The van der Waals surface area contributed by atoms with Crippen molar-refractivity contribution < 1.29 is 0 Å². The van der Waals surface area contributed by atoms with Crippen molar-refractivity contribution >= 4 is 5.69 Å². The van der Waals surface area contributed by atoms with E-state index in [1.807, 2.05) is 0 Å². The van der Waals surface area contributed by atoms with Gasteiger partial charge in [-0.05, 0) is 49.8 Å². The molecule has 0 spiro atoms. The molecule has 1 aromatic carbocycles. The number of hydrogen-bond donors (Lipinski definition) is 1. The van der Waals surface area contributed by atoms with Crippen molar-refractivity contribution in [2.24, 2.45) is 11.7 Å². The topological polar surface area (TPSA) is 32.5 Å². The molecular formula is C17H27N3. The van der Waals surface area contributed by atoms with Gasteiger partial charge in [0.1, 0.15) is 0 Å². The quantitative estimate of drug-likeness (QED) is 0.912. The molecule has 1 saturated carbocycles. The van der Waals surface area contributed by atoms with Crippen molar-refractivity contribution in [2.75, 3.05) is 37.6 Å². The monoisotopic (exact) mass is 273 g/mol. The number of rotatable bonds is 4. The zero-order valence-corrected chi connectivity index (χ0v) is 12.8. The maximum absolute atomic E-state index is 6.24. The number of benzene rings is 1. The molecule has 1 aliphatic heterocycles. The van der Waals surface area contributed by atoms with Crippen LogP contribution in [-0.4, -0.2) is 43.7 Å². The largest absolute Gasteiger partial charge is 0.369 e. The van der Waals surface area contributed by atoms with Crippen molar-refractivity contribution in [1.29, 1.82) is 0 Å². The number of nitrogens with two attached hydrogens (primary N) is 1. The summed E-state index contributed by atoms with van der Waals surface area (Å²) in [5, 5.41) is 0. The molecule has 0 radical (unpaired) electrons. The zero-order chi connectivity index (χ0) is 14.1. The molecule has 3 heteroatoms. The molecule has 1 aliphatic carbocycles. The van der Waals surface area contributed by atoms with Crippen LogP contribution < -0.4 is 10.6 Å². The smallest absolute Gasteiger partial charge is 0.0399 e. The number of hydrogen-bond acceptors (Lipinski definition) is 3. The highest BCUT2D eigenvalue weighted by Gasteiger charge is 2.30. The van der Waals surface area contributed by atoms with Crippen LogP contribution in [0.15, 0.2) is 18.2 Å². The first kappa shape index (κ1) is 13.9. The van der Waals surface area contributed by atoms with Crippen molar-refractivity contribution in [3.8, 4) is 0 Å². The molecule has 0 aromatic heterocycles. The molecule has 1 aromatic rings. The highest BCUT2D eigenvalue weighted by atomic mass is 15.3. The predicted octanol–water partition coefficient (Wildman–Crippen LogP) is 2.16. The van der Waals surface area contributed by atoms with Crippen molar-refractivity contribution in [1.82, 2.24) is 4.90 Å². The summed E-state index contributed by atoms with van der Waals surface area (Å²) >= 11 is 0. The lowest BCUT2D eigenvalue weighted by atomic mass is 10.1. The van der Waals surface area contributed by atoms with Crippen LogP contribution >= 0.6 is 0 Å². The first-order valence-electron chi connectivity index (χ1n) is 7.94. The number of nitrogens with zero attached hydrogens (tertiary/aromatic N) is 2. The third kappa shape index (κ3) is 2.99. The van der Waals surface area contributed by atoms with E-state index >= 15 is 0 Å². The molecule has 1 unspecified atom stereocenters. The Morgan fingerprint density at radius 2 is 1.85 bits per heavy atom. The Morgan fingerprint density at radius 3 is 2.50 bits per heavy atom. The molecule has 2 fully saturated rings. The van der Waals surface area contributed by atoms with Gasteiger partial charge in [-0.2, -0.15) is 0 Å². The Hall–Kier alpha value is -1.06. The van der Waals surface area contributed by atoms with E-state index < -0.39 is 0 Å². The summed E-state index contributed by atoms with van der Waals surface area (Å²) in [4.78, 5) is 5.08. The van der Waals surface area contributed by atoms with Gasteiger partial charge in [0.2, 0.25) is 0 Å². The summed E-state index contributed by atoms with van der Waals surface area (Å²) in [6.07, 6.45) is 2.70. The maximum Gasteiger partial charge on any atom is 0.0399 e. The van der Waals surface area contributed by atoms with Crippen molar-refractivity contribution in [3.63, 3.8) is 0 Å². The standard InChI is InChI=1S/C17H27N3/c1-13-4-3-5-17(14(13)2)20-10-8-19(9-11-20)12-16(18)15-6-7-15/h3-5,15-16H,6-12,18H2,1-2H3. The molecule has 110 valence electrons. The second kappa shape index (κ2) is 5.74. The minimum absolute atomic E-state index is 0.405. The average molecular weight is 273 g/mol. The molecule has 20 heavy (non-hydrogen) atoms. The lowest BCUT2D eigenvalue weighted by Crippen LogP contribution is -2.50. The second-order valence-electron chi connectivity index (χ2n) is 6.51. The van der Waals surface area contributed by atoms with E-state index in [-0.39, 0.29) is 0 Å². The maximum atomic E-state index is 6.24. The fourth-order valence-electron chi connectivity index (χ4n) is 3.22. The Balaban J connectivity index is 1.56. The molecule has 0 amide bonds. The number of piperazine rings is 1. The van der Waals surface area contributed by atoms with Gasteiger partial charge < -0.3 is 10.6 Å². The summed E-state index contributed by atoms with van der Waals surface area (Å²) < 4.78 is 0. The SMILES string of the molecule is Cc1cccc(N2CCN(CC(N)C3CC3)CC2)c1C. The third-order valence-electron chi connectivity index (χ3n) is 4.99. The first-order chi connectivity index (χ1) is 9.65. The molecular weight excluding hydrogens is 246 g/mol. The number of aryl methyl sites for hydroxylation is 1. The Morgan fingerprint density at radius 1 is 1.15 bits per heavy atom. The van der Waals surface area contributed by atoms with Crippen LogP contribution in [0, 0.1) is 19.8 Å². The van der Waals surface area contributed by atoms with E-state index in [1.165, 1.54) is 29.7 Å². The molecule has 2 N–H and O–H groups in total. The Labute approximate surface area is 122 Å². The third-order valence-corrected chi connectivity index (χ3v) is 4.99. The van der Waals surface area contributed by atoms with Gasteiger partial charge in [0.25, 0.3) is 0 Å². The van der Waals surface area contributed by atoms with Gasteiger partial charge in [0.15, 0.2) is 0 Å². The van der Waals surface area contributed by atoms with Crippen LogP contribution in [0.5, 0.6) is 0 Å². The highest BCUT2D eigenvalue weighted by Crippen LogP contribution is 2.32. The number of anilines is 1. The van der Waals surface area contributed by atoms with E-state index in [0.29, 0.717) is 6.04 Å². The van der Waals surface area contributed by atoms with E-state index in [0.717, 1.165) is 38.6 Å². The summed E-state index contributed by atoms with van der Waals surface area (Å²) in [6, 6.07) is 7.03. The van der Waals surface area contributed by atoms with Gasteiger partial charge >= 0.3 is 0 Å². The molecule has 3 nitrogen and oxygen atoms in total. The van der Waals surface area contributed by atoms with E-state index in [2.05, 4.69) is 41.8 Å². The van der Waals surface area contributed by atoms with Crippen LogP contribution in [-0.2, 0) is 0 Å². The molecule has 1 heterocycles. The molecule has 3 rings (SSSR count). The van der Waals surface area contributed by atoms with Crippen LogP contribution in [0.25, 0.3) is 0 Å². The molecule has 0 bridgehead atoms. The summed E-state index contributed by atoms with van der Waals surface area (Å²) in [5.41, 5.74) is 10.5. The fourth-order valence-corrected chi connectivity index (χ4v) is 3.22.